The fourth-order valence-electron chi connectivity index (χ4n) is 4.95. The zero-order chi connectivity index (χ0) is 30.6. The number of aromatic hydroxyl groups is 1. The molecule has 0 radical (unpaired) electrons. The third-order valence-corrected chi connectivity index (χ3v) is 7.22. The van der Waals surface area contributed by atoms with Gasteiger partial charge in [-0.05, 0) is 94.8 Å². The van der Waals surface area contributed by atoms with Crippen molar-refractivity contribution in [2.45, 2.75) is 84.5 Å². The van der Waals surface area contributed by atoms with Gasteiger partial charge in [-0.25, -0.2) is 4.79 Å². The van der Waals surface area contributed by atoms with Crippen molar-refractivity contribution in [1.82, 2.24) is 10.2 Å². The normalized spacial score (nSPS) is 14.4. The summed E-state index contributed by atoms with van der Waals surface area (Å²) in [6, 6.07) is 17.8. The molecule has 2 unspecified atom stereocenters. The zero-order valence-corrected chi connectivity index (χ0v) is 25.2. The van der Waals surface area contributed by atoms with E-state index in [0.717, 1.165) is 40.7 Å². The second kappa shape index (κ2) is 12.7. The minimum absolute atomic E-state index is 0.101. The molecule has 3 aromatic rings. The summed E-state index contributed by atoms with van der Waals surface area (Å²) in [5.41, 5.74) is 4.16. The van der Waals surface area contributed by atoms with E-state index >= 15 is 0 Å². The maximum absolute atomic E-state index is 14.6. The first-order valence-corrected chi connectivity index (χ1v) is 14.4. The van der Waals surface area contributed by atoms with Crippen LogP contribution in [0.1, 0.15) is 67.5 Å². The minimum Gasteiger partial charge on any atom is -0.508 e. The van der Waals surface area contributed by atoms with Crippen molar-refractivity contribution in [3.8, 4) is 5.75 Å². The molecular weight excluding hydrogens is 530 g/mol. The van der Waals surface area contributed by atoms with Crippen LogP contribution in [0, 0.1) is 20.8 Å². The van der Waals surface area contributed by atoms with Crippen LogP contribution in [0.25, 0.3) is 0 Å². The molecule has 0 bridgehead atoms. The molecule has 42 heavy (non-hydrogen) atoms. The Bertz CT molecular complexity index is 1440. The Hall–Kier alpha value is -4.33. The van der Waals surface area contributed by atoms with Crippen LogP contribution >= 0.6 is 0 Å². The van der Waals surface area contributed by atoms with E-state index < -0.39 is 23.8 Å². The molecule has 0 spiro atoms. The molecule has 1 fully saturated rings. The van der Waals surface area contributed by atoms with Gasteiger partial charge in [0.2, 0.25) is 5.91 Å². The quantitative estimate of drug-likeness (QED) is 0.287. The third kappa shape index (κ3) is 7.90. The number of aryl methyl sites for hydroxylation is 3. The molecular formula is C34H41N3O5. The van der Waals surface area contributed by atoms with Crippen molar-refractivity contribution in [1.29, 1.82) is 0 Å². The molecule has 222 valence electrons. The van der Waals surface area contributed by atoms with Crippen LogP contribution in [0.15, 0.2) is 66.7 Å². The summed E-state index contributed by atoms with van der Waals surface area (Å²) in [4.78, 5) is 43.4. The highest BCUT2D eigenvalue weighted by atomic mass is 16.6. The molecule has 0 heterocycles. The Kier molecular flexibility index (Phi) is 9.24. The van der Waals surface area contributed by atoms with Gasteiger partial charge in [0.15, 0.2) is 0 Å². The molecule has 3 amide bonds. The fraction of sp³-hybridized carbons (Fsp3) is 0.382. The standard InChI is InChI=1S/C34H41N3O5/c1-21-11-12-22(2)27(19-21)30(31(39)35-28-10-8-7-9-23(28)3)37(25-15-16-25)32(40)29(36-33(41)42-34(4,5)6)20-24-13-17-26(38)18-14-24/h7-14,17-19,25,29-30,38H,15-16,20H2,1-6H3,(H,35,39)(H,36,41). The monoisotopic (exact) mass is 571 g/mol. The topological polar surface area (TPSA) is 108 Å². The lowest BCUT2D eigenvalue weighted by Gasteiger charge is -2.35. The summed E-state index contributed by atoms with van der Waals surface area (Å²) in [6.45, 7) is 11.1. The van der Waals surface area contributed by atoms with Crippen LogP contribution in [0.3, 0.4) is 0 Å². The Balaban J connectivity index is 1.76. The van der Waals surface area contributed by atoms with E-state index in [2.05, 4.69) is 10.6 Å². The number of rotatable bonds is 9. The number of carbonyl (C=O) groups is 3. The smallest absolute Gasteiger partial charge is 0.408 e. The van der Waals surface area contributed by atoms with E-state index in [0.29, 0.717) is 5.69 Å². The number of nitrogens with zero attached hydrogens (tertiary/aromatic N) is 1. The number of amides is 3. The molecule has 2 atom stereocenters. The molecule has 3 aromatic carbocycles. The number of para-hydroxylation sites is 1. The van der Waals surface area contributed by atoms with E-state index in [1.165, 1.54) is 12.1 Å². The Morgan fingerprint density at radius 3 is 2.24 bits per heavy atom. The number of phenolic OH excluding ortho intramolecular Hbond substituents is 1. The minimum atomic E-state index is -1.01. The maximum Gasteiger partial charge on any atom is 0.408 e. The average molecular weight is 572 g/mol. The number of carbonyl (C=O) groups excluding carboxylic acids is 3. The van der Waals surface area contributed by atoms with E-state index in [1.807, 2.05) is 63.2 Å². The Morgan fingerprint density at radius 2 is 1.62 bits per heavy atom. The molecule has 1 aliphatic carbocycles. The number of phenols is 1. The van der Waals surface area contributed by atoms with Crippen molar-refractivity contribution >= 4 is 23.6 Å². The second-order valence-electron chi connectivity index (χ2n) is 12.1. The molecule has 0 saturated heterocycles. The first-order chi connectivity index (χ1) is 19.8. The van der Waals surface area contributed by atoms with Crippen LogP contribution in [0.4, 0.5) is 10.5 Å². The zero-order valence-electron chi connectivity index (χ0n) is 25.2. The summed E-state index contributed by atoms with van der Waals surface area (Å²) in [7, 11) is 0. The highest BCUT2D eigenvalue weighted by Gasteiger charge is 2.44. The van der Waals surface area contributed by atoms with E-state index in [4.69, 9.17) is 4.74 Å². The molecule has 1 aliphatic rings. The van der Waals surface area contributed by atoms with Crippen molar-refractivity contribution in [2.24, 2.45) is 0 Å². The summed E-state index contributed by atoms with van der Waals surface area (Å²) in [5, 5.41) is 15.6. The lowest BCUT2D eigenvalue weighted by Crippen LogP contribution is -2.54. The maximum atomic E-state index is 14.6. The highest BCUT2D eigenvalue weighted by Crippen LogP contribution is 2.38. The van der Waals surface area contributed by atoms with E-state index in [-0.39, 0.29) is 30.0 Å². The number of ether oxygens (including phenoxy) is 1. The molecule has 4 rings (SSSR count). The van der Waals surface area contributed by atoms with Gasteiger partial charge >= 0.3 is 6.09 Å². The number of anilines is 1. The molecule has 0 aromatic heterocycles. The van der Waals surface area contributed by atoms with Crippen LogP contribution < -0.4 is 10.6 Å². The van der Waals surface area contributed by atoms with E-state index in [9.17, 15) is 19.5 Å². The van der Waals surface area contributed by atoms with Crippen LogP contribution in [0.2, 0.25) is 0 Å². The van der Waals surface area contributed by atoms with Crippen molar-refractivity contribution < 1.29 is 24.2 Å². The molecule has 8 heteroatoms. The molecule has 1 saturated carbocycles. The SMILES string of the molecule is Cc1ccc(C)c(C(C(=O)Nc2ccccc2C)N(C(=O)C(Cc2ccc(O)cc2)NC(=O)OC(C)(C)C)C2CC2)c1. The highest BCUT2D eigenvalue weighted by molar-refractivity contribution is 6.00. The molecule has 8 nitrogen and oxygen atoms in total. The van der Waals surface area contributed by atoms with Gasteiger partial charge in [0.05, 0.1) is 0 Å². The van der Waals surface area contributed by atoms with Gasteiger partial charge in [0.1, 0.15) is 23.4 Å². The molecule has 3 N–H and O–H groups in total. The Morgan fingerprint density at radius 1 is 0.952 bits per heavy atom. The average Bonchev–Trinajstić information content (AvgIpc) is 3.75. The van der Waals surface area contributed by atoms with Crippen molar-refractivity contribution in [2.75, 3.05) is 5.32 Å². The first-order valence-electron chi connectivity index (χ1n) is 14.4. The summed E-state index contributed by atoms with van der Waals surface area (Å²) in [6.07, 6.45) is 0.940. The van der Waals surface area contributed by atoms with Crippen molar-refractivity contribution in [3.63, 3.8) is 0 Å². The van der Waals surface area contributed by atoms with Crippen LogP contribution in [0.5, 0.6) is 5.75 Å². The molecule has 0 aliphatic heterocycles. The van der Waals surface area contributed by atoms with Gasteiger partial charge in [-0.1, -0.05) is 54.1 Å². The third-order valence-electron chi connectivity index (χ3n) is 7.22. The summed E-state index contributed by atoms with van der Waals surface area (Å²) >= 11 is 0. The second-order valence-corrected chi connectivity index (χ2v) is 12.1. The van der Waals surface area contributed by atoms with E-state index in [1.54, 1.807) is 37.8 Å². The van der Waals surface area contributed by atoms with Gasteiger partial charge in [-0.3, -0.25) is 9.59 Å². The lowest BCUT2D eigenvalue weighted by atomic mass is 9.95. The number of nitrogens with one attached hydrogen (secondary N) is 2. The summed E-state index contributed by atoms with van der Waals surface area (Å²) in [5.74, 6) is -0.592. The fourth-order valence-corrected chi connectivity index (χ4v) is 4.95. The van der Waals surface area contributed by atoms with Gasteiger partial charge < -0.3 is 25.4 Å². The predicted molar refractivity (Wildman–Crippen MR) is 163 cm³/mol. The van der Waals surface area contributed by atoms with Gasteiger partial charge in [0.25, 0.3) is 5.91 Å². The van der Waals surface area contributed by atoms with Crippen molar-refractivity contribution in [3.05, 3.63) is 94.5 Å². The van der Waals surface area contributed by atoms with Gasteiger partial charge in [0, 0.05) is 18.2 Å². The lowest BCUT2D eigenvalue weighted by molar-refractivity contribution is -0.141. The number of alkyl carbamates (subject to hydrolysis) is 1. The summed E-state index contributed by atoms with van der Waals surface area (Å²) < 4.78 is 5.51. The first kappa shape index (κ1) is 30.6. The largest absolute Gasteiger partial charge is 0.508 e. The number of hydrogen-bond acceptors (Lipinski definition) is 5. The number of hydrogen-bond donors (Lipinski definition) is 3. The van der Waals surface area contributed by atoms with Crippen LogP contribution in [-0.4, -0.2) is 45.6 Å². The predicted octanol–water partition coefficient (Wildman–Crippen LogP) is 6.12. The van der Waals surface area contributed by atoms with Gasteiger partial charge in [-0.2, -0.15) is 0 Å². The van der Waals surface area contributed by atoms with Crippen LogP contribution in [-0.2, 0) is 20.7 Å². The van der Waals surface area contributed by atoms with Gasteiger partial charge in [-0.15, -0.1) is 0 Å². The Labute approximate surface area is 248 Å². The number of benzene rings is 3.